The molecule has 0 spiro atoms. The molecule has 17 heavy (non-hydrogen) atoms. The zero-order valence-electron chi connectivity index (χ0n) is 9.43. The minimum atomic E-state index is -0.725. The average molecular weight is 237 g/mol. The minimum absolute atomic E-state index is 0.0610. The van der Waals surface area contributed by atoms with E-state index in [1.54, 1.807) is 6.07 Å². The largest absolute Gasteiger partial charge is 0.388 e. The third-order valence-electron chi connectivity index (χ3n) is 3.14. The number of hydrogen-bond acceptors (Lipinski definition) is 5. The Bertz CT molecular complexity index is 416. The second-order valence-electron chi connectivity index (χ2n) is 4.43. The van der Waals surface area contributed by atoms with Crippen molar-refractivity contribution in [2.75, 3.05) is 11.9 Å². The first-order chi connectivity index (χ1) is 8.11. The maximum Gasteiger partial charge on any atom is 0.310 e. The Morgan fingerprint density at radius 1 is 1.53 bits per heavy atom. The molecule has 1 saturated carbocycles. The van der Waals surface area contributed by atoms with E-state index in [-0.39, 0.29) is 5.69 Å². The summed E-state index contributed by atoms with van der Waals surface area (Å²) in [6.45, 7) is 0.345. The summed E-state index contributed by atoms with van der Waals surface area (Å²) >= 11 is 0. The van der Waals surface area contributed by atoms with Crippen LogP contribution in [0.15, 0.2) is 18.5 Å². The highest BCUT2D eigenvalue weighted by atomic mass is 16.6. The minimum Gasteiger partial charge on any atom is -0.388 e. The molecule has 1 aromatic heterocycles. The number of nitrogens with zero attached hydrogens (tertiary/aromatic N) is 2. The molecule has 0 radical (unpaired) electrons. The monoisotopic (exact) mass is 237 g/mol. The SMILES string of the molecule is O=[N+]([O-])c1cnccc1NCC1(O)CCCC1. The van der Waals surface area contributed by atoms with Gasteiger partial charge in [-0.15, -0.1) is 0 Å². The Morgan fingerprint density at radius 2 is 2.24 bits per heavy atom. The molecule has 0 saturated heterocycles. The molecule has 6 nitrogen and oxygen atoms in total. The van der Waals surface area contributed by atoms with E-state index in [2.05, 4.69) is 10.3 Å². The molecule has 1 aromatic rings. The fourth-order valence-electron chi connectivity index (χ4n) is 2.15. The zero-order valence-corrected chi connectivity index (χ0v) is 9.43. The molecule has 2 N–H and O–H groups in total. The van der Waals surface area contributed by atoms with Crippen molar-refractivity contribution in [3.05, 3.63) is 28.6 Å². The number of pyridine rings is 1. The summed E-state index contributed by atoms with van der Waals surface area (Å²) in [6, 6.07) is 1.55. The Kier molecular flexibility index (Phi) is 3.23. The second-order valence-corrected chi connectivity index (χ2v) is 4.43. The fourth-order valence-corrected chi connectivity index (χ4v) is 2.15. The van der Waals surface area contributed by atoms with Gasteiger partial charge in [-0.25, -0.2) is 0 Å². The molecule has 1 fully saturated rings. The summed E-state index contributed by atoms with van der Waals surface area (Å²) < 4.78 is 0. The molecule has 0 bridgehead atoms. The summed E-state index contributed by atoms with van der Waals surface area (Å²) in [4.78, 5) is 14.0. The van der Waals surface area contributed by atoms with Crippen molar-refractivity contribution in [1.29, 1.82) is 0 Å². The van der Waals surface area contributed by atoms with Crippen LogP contribution in [0.1, 0.15) is 25.7 Å². The Morgan fingerprint density at radius 3 is 2.88 bits per heavy atom. The van der Waals surface area contributed by atoms with Crippen LogP contribution in [0.4, 0.5) is 11.4 Å². The van der Waals surface area contributed by atoms with Gasteiger partial charge in [0.05, 0.1) is 10.5 Å². The van der Waals surface area contributed by atoms with Crippen LogP contribution in [0.2, 0.25) is 0 Å². The van der Waals surface area contributed by atoms with Crippen molar-refractivity contribution in [3.8, 4) is 0 Å². The van der Waals surface area contributed by atoms with Gasteiger partial charge in [-0.1, -0.05) is 12.8 Å². The third-order valence-corrected chi connectivity index (χ3v) is 3.14. The lowest BCUT2D eigenvalue weighted by Gasteiger charge is -2.22. The van der Waals surface area contributed by atoms with Gasteiger partial charge in [0.1, 0.15) is 11.9 Å². The first kappa shape index (κ1) is 11.8. The number of nitrogens with one attached hydrogen (secondary N) is 1. The van der Waals surface area contributed by atoms with Gasteiger partial charge >= 0.3 is 5.69 Å². The van der Waals surface area contributed by atoms with Gasteiger partial charge in [0.15, 0.2) is 0 Å². The normalized spacial score (nSPS) is 17.9. The van der Waals surface area contributed by atoms with E-state index in [0.29, 0.717) is 12.2 Å². The molecule has 0 unspecified atom stereocenters. The lowest BCUT2D eigenvalue weighted by atomic mass is 10.0. The molecular formula is C11H15N3O3. The lowest BCUT2D eigenvalue weighted by Crippen LogP contribution is -2.33. The summed E-state index contributed by atoms with van der Waals surface area (Å²) in [5.41, 5.74) is -0.378. The molecule has 1 aliphatic rings. The predicted molar refractivity (Wildman–Crippen MR) is 62.8 cm³/mol. The summed E-state index contributed by atoms with van der Waals surface area (Å²) in [5.74, 6) is 0. The molecule has 0 atom stereocenters. The van der Waals surface area contributed by atoms with E-state index in [9.17, 15) is 15.2 Å². The number of aliphatic hydroxyl groups is 1. The van der Waals surface area contributed by atoms with Gasteiger partial charge < -0.3 is 10.4 Å². The molecule has 0 aliphatic heterocycles. The van der Waals surface area contributed by atoms with Crippen LogP contribution < -0.4 is 5.32 Å². The highest BCUT2D eigenvalue weighted by Gasteiger charge is 2.31. The zero-order chi connectivity index (χ0) is 12.3. The van der Waals surface area contributed by atoms with Crippen molar-refractivity contribution in [2.24, 2.45) is 0 Å². The number of nitro groups is 1. The first-order valence-electron chi connectivity index (χ1n) is 5.65. The van der Waals surface area contributed by atoms with Gasteiger partial charge in [0.25, 0.3) is 0 Å². The Balaban J connectivity index is 2.06. The van der Waals surface area contributed by atoms with Crippen molar-refractivity contribution in [2.45, 2.75) is 31.3 Å². The van der Waals surface area contributed by atoms with Gasteiger partial charge in [0.2, 0.25) is 0 Å². The van der Waals surface area contributed by atoms with E-state index in [1.807, 2.05) is 0 Å². The molecule has 0 aromatic carbocycles. The second kappa shape index (κ2) is 4.67. The van der Waals surface area contributed by atoms with E-state index >= 15 is 0 Å². The fraction of sp³-hybridized carbons (Fsp3) is 0.545. The van der Waals surface area contributed by atoms with Crippen LogP contribution in [-0.2, 0) is 0 Å². The van der Waals surface area contributed by atoms with Gasteiger partial charge in [-0.05, 0) is 18.9 Å². The van der Waals surface area contributed by atoms with Gasteiger partial charge in [0, 0.05) is 12.7 Å². The Hall–Kier alpha value is -1.69. The molecule has 1 heterocycles. The van der Waals surface area contributed by atoms with Crippen molar-refractivity contribution in [3.63, 3.8) is 0 Å². The number of rotatable bonds is 4. The maximum atomic E-state index is 10.8. The van der Waals surface area contributed by atoms with Gasteiger partial charge in [-0.2, -0.15) is 0 Å². The van der Waals surface area contributed by atoms with Crippen molar-refractivity contribution < 1.29 is 10.0 Å². The lowest BCUT2D eigenvalue weighted by molar-refractivity contribution is -0.384. The van der Waals surface area contributed by atoms with Crippen molar-refractivity contribution >= 4 is 11.4 Å². The molecule has 2 rings (SSSR count). The van der Waals surface area contributed by atoms with Crippen molar-refractivity contribution in [1.82, 2.24) is 4.98 Å². The molecule has 1 aliphatic carbocycles. The van der Waals surface area contributed by atoms with Crippen LogP contribution in [0.5, 0.6) is 0 Å². The number of anilines is 1. The average Bonchev–Trinajstić information content (AvgIpc) is 2.74. The van der Waals surface area contributed by atoms with E-state index < -0.39 is 10.5 Å². The molecule has 92 valence electrons. The van der Waals surface area contributed by atoms with E-state index in [0.717, 1.165) is 25.7 Å². The Labute approximate surface area is 98.8 Å². The molecule has 0 amide bonds. The smallest absolute Gasteiger partial charge is 0.310 e. The molecular weight excluding hydrogens is 222 g/mol. The predicted octanol–water partition coefficient (Wildman–Crippen LogP) is 1.71. The highest BCUT2D eigenvalue weighted by molar-refractivity contribution is 5.59. The first-order valence-corrected chi connectivity index (χ1v) is 5.65. The van der Waals surface area contributed by atoms with Gasteiger partial charge in [-0.3, -0.25) is 15.1 Å². The van der Waals surface area contributed by atoms with Crippen LogP contribution in [0.25, 0.3) is 0 Å². The highest BCUT2D eigenvalue weighted by Crippen LogP contribution is 2.30. The maximum absolute atomic E-state index is 10.8. The van der Waals surface area contributed by atoms with Crippen LogP contribution in [0, 0.1) is 10.1 Å². The molecule has 6 heteroatoms. The van der Waals surface area contributed by atoms with Crippen LogP contribution >= 0.6 is 0 Å². The van der Waals surface area contributed by atoms with Crippen LogP contribution in [-0.4, -0.2) is 27.2 Å². The standard InChI is InChI=1S/C11H15N3O3/c15-11(4-1-2-5-11)8-13-9-3-6-12-7-10(9)14(16)17/h3,6-7,15H,1-2,4-5,8H2,(H,12,13). The third kappa shape index (κ3) is 2.71. The quantitative estimate of drug-likeness (QED) is 0.614. The summed E-state index contributed by atoms with van der Waals surface area (Å²) in [6.07, 6.45) is 6.22. The number of aromatic nitrogens is 1. The van der Waals surface area contributed by atoms with Crippen LogP contribution in [0.3, 0.4) is 0 Å². The topological polar surface area (TPSA) is 88.3 Å². The number of hydrogen-bond donors (Lipinski definition) is 2. The van der Waals surface area contributed by atoms with E-state index in [1.165, 1.54) is 12.4 Å². The summed E-state index contributed by atoms with van der Waals surface area (Å²) in [5, 5.41) is 23.8. The van der Waals surface area contributed by atoms with E-state index in [4.69, 9.17) is 0 Å². The summed E-state index contributed by atoms with van der Waals surface area (Å²) in [7, 11) is 0.